The molecule has 0 aromatic heterocycles. The number of likely N-dealkylation sites (tertiary alicyclic amines) is 1. The van der Waals surface area contributed by atoms with E-state index in [1.807, 2.05) is 30.0 Å². The Morgan fingerprint density at radius 2 is 2.28 bits per heavy atom. The molecule has 1 amide bonds. The van der Waals surface area contributed by atoms with E-state index in [4.69, 9.17) is 5.73 Å². The maximum absolute atomic E-state index is 12.4. The lowest BCUT2D eigenvalue weighted by atomic mass is 10.1. The topological polar surface area (TPSA) is 46.3 Å². The Kier molecular flexibility index (Phi) is 5.63. The van der Waals surface area contributed by atoms with Gasteiger partial charge in [-0.05, 0) is 53.4 Å². The molecular weight excluding hydrogens is 316 g/mol. The Labute approximate surface area is 122 Å². The highest BCUT2D eigenvalue weighted by molar-refractivity contribution is 9.10. The van der Waals surface area contributed by atoms with Gasteiger partial charge < -0.3 is 10.6 Å². The average molecular weight is 334 g/mol. The molecule has 0 radical (unpaired) electrons. The van der Waals surface area contributed by atoms with Gasteiger partial charge in [0.1, 0.15) is 0 Å². The van der Waals surface area contributed by atoms with Gasteiger partial charge in [-0.3, -0.25) is 4.79 Å². The number of nitrogens with two attached hydrogens (primary N) is 1. The number of carbonyl (C=O) groups excluding carboxylic acids is 1. The summed E-state index contributed by atoms with van der Waals surface area (Å²) in [6.07, 6.45) is 2.07. The summed E-state index contributed by atoms with van der Waals surface area (Å²) in [5.74, 6) is 0.0878. The first-order chi connectivity index (χ1) is 8.13. The van der Waals surface area contributed by atoms with Crippen molar-refractivity contribution in [1.29, 1.82) is 0 Å². The second-order valence-electron chi connectivity index (χ2n) is 4.51. The molecule has 0 saturated carbocycles. The number of rotatable bonds is 2. The third-order valence-corrected chi connectivity index (χ3v) is 3.92. The van der Waals surface area contributed by atoms with Gasteiger partial charge in [0.25, 0.3) is 5.91 Å². The largest absolute Gasteiger partial charge is 0.334 e. The summed E-state index contributed by atoms with van der Waals surface area (Å²) < 4.78 is 0.866. The molecule has 3 nitrogen and oxygen atoms in total. The summed E-state index contributed by atoms with van der Waals surface area (Å²) in [5, 5.41) is 0. The first-order valence-electron chi connectivity index (χ1n) is 5.90. The molecule has 1 aromatic rings. The zero-order chi connectivity index (χ0) is 12.4. The van der Waals surface area contributed by atoms with Gasteiger partial charge in [-0.1, -0.05) is 6.07 Å². The van der Waals surface area contributed by atoms with E-state index < -0.39 is 0 Å². The molecule has 1 aromatic carbocycles. The molecule has 1 saturated heterocycles. The fourth-order valence-electron chi connectivity index (χ4n) is 2.30. The van der Waals surface area contributed by atoms with Crippen LogP contribution in [-0.4, -0.2) is 29.9 Å². The van der Waals surface area contributed by atoms with Gasteiger partial charge in [-0.2, -0.15) is 0 Å². The highest BCUT2D eigenvalue weighted by Crippen LogP contribution is 2.24. The van der Waals surface area contributed by atoms with Crippen LogP contribution in [0.15, 0.2) is 22.7 Å². The molecule has 1 heterocycles. The maximum Gasteiger partial charge on any atom is 0.255 e. The molecule has 1 aliphatic rings. The SMILES string of the molecule is Cc1ccc(C(=O)N2CCCC2CN)c(Br)c1.Cl. The second kappa shape index (κ2) is 6.55. The summed E-state index contributed by atoms with van der Waals surface area (Å²) >= 11 is 3.46. The lowest BCUT2D eigenvalue weighted by Gasteiger charge is -2.24. The second-order valence-corrected chi connectivity index (χ2v) is 5.37. The predicted molar refractivity (Wildman–Crippen MR) is 79.2 cm³/mol. The minimum absolute atomic E-state index is 0. The molecule has 1 atom stereocenters. The lowest BCUT2D eigenvalue weighted by molar-refractivity contribution is 0.0740. The van der Waals surface area contributed by atoms with Crippen molar-refractivity contribution in [1.82, 2.24) is 4.90 Å². The summed E-state index contributed by atoms with van der Waals surface area (Å²) in [7, 11) is 0. The molecule has 2 rings (SSSR count). The molecule has 0 spiro atoms. The number of nitrogens with zero attached hydrogens (tertiary/aromatic N) is 1. The van der Waals surface area contributed by atoms with Crippen LogP contribution in [0.2, 0.25) is 0 Å². The molecule has 1 unspecified atom stereocenters. The summed E-state index contributed by atoms with van der Waals surface area (Å²) in [6.45, 7) is 3.38. The zero-order valence-corrected chi connectivity index (χ0v) is 12.8. The van der Waals surface area contributed by atoms with E-state index in [0.717, 1.165) is 35.0 Å². The van der Waals surface area contributed by atoms with Crippen molar-refractivity contribution >= 4 is 34.2 Å². The van der Waals surface area contributed by atoms with Crippen LogP contribution in [0, 0.1) is 6.92 Å². The van der Waals surface area contributed by atoms with Crippen LogP contribution < -0.4 is 5.73 Å². The van der Waals surface area contributed by atoms with E-state index >= 15 is 0 Å². The standard InChI is InChI=1S/C13H17BrN2O.ClH/c1-9-4-5-11(12(14)7-9)13(17)16-6-2-3-10(16)8-15;/h4-5,7,10H,2-3,6,8,15H2,1H3;1H. The summed E-state index contributed by atoms with van der Waals surface area (Å²) in [4.78, 5) is 14.3. The minimum atomic E-state index is 0. The maximum atomic E-state index is 12.4. The third-order valence-electron chi connectivity index (χ3n) is 3.27. The fourth-order valence-corrected chi connectivity index (χ4v) is 2.96. The highest BCUT2D eigenvalue weighted by Gasteiger charge is 2.29. The highest BCUT2D eigenvalue weighted by atomic mass is 79.9. The molecule has 5 heteroatoms. The Bertz CT molecular complexity index is 439. The molecular formula is C13H18BrClN2O. The quantitative estimate of drug-likeness (QED) is 0.904. The molecule has 1 fully saturated rings. The van der Waals surface area contributed by atoms with Gasteiger partial charge in [0.05, 0.1) is 5.56 Å². The van der Waals surface area contributed by atoms with Gasteiger partial charge in [0.15, 0.2) is 0 Å². The van der Waals surface area contributed by atoms with E-state index in [1.165, 1.54) is 0 Å². The number of benzene rings is 1. The van der Waals surface area contributed by atoms with Crippen molar-refractivity contribution in [3.8, 4) is 0 Å². The van der Waals surface area contributed by atoms with Crippen molar-refractivity contribution in [2.75, 3.05) is 13.1 Å². The molecule has 2 N–H and O–H groups in total. The van der Waals surface area contributed by atoms with Crippen molar-refractivity contribution in [2.24, 2.45) is 5.73 Å². The van der Waals surface area contributed by atoms with Crippen molar-refractivity contribution in [3.05, 3.63) is 33.8 Å². The molecule has 0 bridgehead atoms. The first-order valence-corrected chi connectivity index (χ1v) is 6.70. The smallest absolute Gasteiger partial charge is 0.255 e. The molecule has 18 heavy (non-hydrogen) atoms. The summed E-state index contributed by atoms with van der Waals surface area (Å²) in [6, 6.07) is 6.02. The van der Waals surface area contributed by atoms with E-state index in [9.17, 15) is 4.79 Å². The molecule has 100 valence electrons. The number of aryl methyl sites for hydroxylation is 1. The average Bonchev–Trinajstić information content (AvgIpc) is 2.76. The van der Waals surface area contributed by atoms with Crippen molar-refractivity contribution in [2.45, 2.75) is 25.8 Å². The van der Waals surface area contributed by atoms with Crippen LogP contribution in [0.3, 0.4) is 0 Å². The first kappa shape index (κ1) is 15.5. The van der Waals surface area contributed by atoms with Gasteiger partial charge in [0, 0.05) is 23.6 Å². The fraction of sp³-hybridized carbons (Fsp3) is 0.462. The van der Waals surface area contributed by atoms with E-state index in [-0.39, 0.29) is 24.4 Å². The zero-order valence-electron chi connectivity index (χ0n) is 10.4. The van der Waals surface area contributed by atoms with Gasteiger partial charge in [0.2, 0.25) is 0 Å². The minimum Gasteiger partial charge on any atom is -0.334 e. The molecule has 1 aliphatic heterocycles. The third kappa shape index (κ3) is 3.05. The van der Waals surface area contributed by atoms with Crippen LogP contribution >= 0.6 is 28.3 Å². The number of halogens is 2. The van der Waals surface area contributed by atoms with E-state index in [0.29, 0.717) is 6.54 Å². The van der Waals surface area contributed by atoms with Crippen LogP contribution in [0.25, 0.3) is 0 Å². The van der Waals surface area contributed by atoms with Crippen LogP contribution in [-0.2, 0) is 0 Å². The van der Waals surface area contributed by atoms with Crippen LogP contribution in [0.4, 0.5) is 0 Å². The number of hydrogen-bond donors (Lipinski definition) is 1. The number of hydrogen-bond acceptors (Lipinski definition) is 2. The van der Waals surface area contributed by atoms with E-state index in [1.54, 1.807) is 0 Å². The Morgan fingerprint density at radius 3 is 2.89 bits per heavy atom. The number of amides is 1. The Hall–Kier alpha value is -0.580. The monoisotopic (exact) mass is 332 g/mol. The lowest BCUT2D eigenvalue weighted by Crippen LogP contribution is -2.40. The normalized spacial score (nSPS) is 18.6. The summed E-state index contributed by atoms with van der Waals surface area (Å²) in [5.41, 5.74) is 7.57. The predicted octanol–water partition coefficient (Wildman–Crippen LogP) is 2.74. The molecule has 0 aliphatic carbocycles. The van der Waals surface area contributed by atoms with E-state index in [2.05, 4.69) is 15.9 Å². The van der Waals surface area contributed by atoms with Crippen molar-refractivity contribution in [3.63, 3.8) is 0 Å². The van der Waals surface area contributed by atoms with Crippen molar-refractivity contribution < 1.29 is 4.79 Å². The van der Waals surface area contributed by atoms with Gasteiger partial charge in [-0.25, -0.2) is 0 Å². The Balaban J connectivity index is 0.00000162. The van der Waals surface area contributed by atoms with Crippen LogP contribution in [0.5, 0.6) is 0 Å². The van der Waals surface area contributed by atoms with Gasteiger partial charge in [-0.15, -0.1) is 12.4 Å². The van der Waals surface area contributed by atoms with Gasteiger partial charge >= 0.3 is 0 Å². The van der Waals surface area contributed by atoms with Crippen LogP contribution in [0.1, 0.15) is 28.8 Å². The number of carbonyl (C=O) groups is 1. The Morgan fingerprint density at radius 1 is 1.56 bits per heavy atom.